The van der Waals surface area contributed by atoms with Crippen molar-refractivity contribution >= 4 is 22.6 Å². The van der Waals surface area contributed by atoms with Gasteiger partial charge in [-0.25, -0.2) is 4.98 Å². The minimum Gasteiger partial charge on any atom is -0.373 e. The average Bonchev–Trinajstić information content (AvgIpc) is 3.14. The summed E-state index contributed by atoms with van der Waals surface area (Å²) >= 11 is 1.51. The number of nitrogens with zero attached hydrogens (tertiary/aromatic N) is 6. The molecule has 1 aromatic heterocycles. The molecule has 9 heteroatoms. The van der Waals surface area contributed by atoms with Gasteiger partial charge in [-0.3, -0.25) is 9.89 Å². The maximum atomic E-state index is 5.79. The summed E-state index contributed by atoms with van der Waals surface area (Å²) in [6.07, 6.45) is 0.896. The van der Waals surface area contributed by atoms with Crippen LogP contribution in [-0.2, 0) is 11.2 Å². The number of hydrogen-bond acceptors (Lipinski definition) is 7. The fraction of sp³-hybridized carbons (Fsp3) is 0.833. The molecule has 0 amide bonds. The predicted molar refractivity (Wildman–Crippen MR) is 111 cm³/mol. The highest BCUT2D eigenvalue weighted by Crippen LogP contribution is 2.19. The monoisotopic (exact) mass is 395 g/mol. The topological polar surface area (TPSA) is 69.1 Å². The van der Waals surface area contributed by atoms with E-state index in [1.54, 1.807) is 0 Å². The minimum atomic E-state index is -0.0431. The standard InChI is InChI=1S/C18H33N7OS/c1-5-15-21-17(27-22-15)25-10-8-24(9-11-25)16(19-4)20-6-7-23-12-13-26-18(2,3)14-23/h5-14H2,1-4H3,(H,19,20). The van der Waals surface area contributed by atoms with Crippen molar-refractivity contribution in [3.8, 4) is 0 Å². The maximum Gasteiger partial charge on any atom is 0.205 e. The zero-order chi connectivity index (χ0) is 19.3. The van der Waals surface area contributed by atoms with Crippen molar-refractivity contribution in [1.29, 1.82) is 0 Å². The Kier molecular flexibility index (Phi) is 6.88. The molecule has 0 unspecified atom stereocenters. The van der Waals surface area contributed by atoms with E-state index in [-0.39, 0.29) is 5.60 Å². The van der Waals surface area contributed by atoms with Gasteiger partial charge in [0.15, 0.2) is 5.96 Å². The molecular weight excluding hydrogens is 362 g/mol. The first-order valence-corrected chi connectivity index (χ1v) is 10.7. The number of morpholine rings is 1. The molecule has 1 N–H and O–H groups in total. The van der Waals surface area contributed by atoms with Crippen LogP contribution in [0.15, 0.2) is 4.99 Å². The molecule has 0 bridgehead atoms. The quantitative estimate of drug-likeness (QED) is 0.587. The van der Waals surface area contributed by atoms with E-state index < -0.39 is 0 Å². The van der Waals surface area contributed by atoms with Crippen molar-refractivity contribution in [1.82, 2.24) is 24.5 Å². The van der Waals surface area contributed by atoms with Crippen LogP contribution in [0.5, 0.6) is 0 Å². The summed E-state index contributed by atoms with van der Waals surface area (Å²) in [4.78, 5) is 16.2. The van der Waals surface area contributed by atoms with Gasteiger partial charge in [0.25, 0.3) is 0 Å². The molecule has 0 aliphatic carbocycles. The number of aryl methyl sites for hydroxylation is 1. The normalized spacial score (nSPS) is 21.6. The SMILES string of the molecule is CCc1nsc(N2CCN(C(=NC)NCCN3CCOC(C)(C)C3)CC2)n1. The van der Waals surface area contributed by atoms with E-state index in [4.69, 9.17) is 4.74 Å². The van der Waals surface area contributed by atoms with Gasteiger partial charge >= 0.3 is 0 Å². The lowest BCUT2D eigenvalue weighted by atomic mass is 10.1. The second kappa shape index (κ2) is 9.16. The average molecular weight is 396 g/mol. The van der Waals surface area contributed by atoms with Gasteiger partial charge < -0.3 is 19.9 Å². The molecule has 27 heavy (non-hydrogen) atoms. The fourth-order valence-electron chi connectivity index (χ4n) is 3.59. The van der Waals surface area contributed by atoms with Gasteiger partial charge in [0.2, 0.25) is 5.13 Å². The van der Waals surface area contributed by atoms with Gasteiger partial charge in [0, 0.05) is 77.4 Å². The molecule has 1 aromatic rings. The van der Waals surface area contributed by atoms with Crippen LogP contribution in [0, 0.1) is 0 Å². The lowest BCUT2D eigenvalue weighted by Gasteiger charge is -2.39. The van der Waals surface area contributed by atoms with E-state index in [1.165, 1.54) is 11.5 Å². The third-order valence-corrected chi connectivity index (χ3v) is 5.87. The summed E-state index contributed by atoms with van der Waals surface area (Å²) in [6.45, 7) is 14.9. The first kappa shape index (κ1) is 20.3. The van der Waals surface area contributed by atoms with Crippen LogP contribution in [-0.4, -0.2) is 96.7 Å². The highest BCUT2D eigenvalue weighted by molar-refractivity contribution is 7.09. The van der Waals surface area contributed by atoms with Crippen molar-refractivity contribution in [2.75, 3.05) is 70.9 Å². The van der Waals surface area contributed by atoms with Crippen molar-refractivity contribution in [2.24, 2.45) is 4.99 Å². The molecule has 3 rings (SSSR count). The number of nitrogens with one attached hydrogen (secondary N) is 1. The van der Waals surface area contributed by atoms with Crippen LogP contribution < -0.4 is 10.2 Å². The van der Waals surface area contributed by atoms with Crippen molar-refractivity contribution in [2.45, 2.75) is 32.8 Å². The molecule has 2 saturated heterocycles. The lowest BCUT2D eigenvalue weighted by molar-refractivity contribution is -0.0852. The Labute approximate surface area is 166 Å². The maximum absolute atomic E-state index is 5.79. The van der Waals surface area contributed by atoms with Crippen LogP contribution in [0.25, 0.3) is 0 Å². The molecule has 8 nitrogen and oxygen atoms in total. The zero-order valence-corrected chi connectivity index (χ0v) is 17.9. The van der Waals surface area contributed by atoms with E-state index in [2.05, 4.69) is 55.1 Å². The van der Waals surface area contributed by atoms with Crippen LogP contribution in [0.3, 0.4) is 0 Å². The summed E-state index contributed by atoms with van der Waals surface area (Å²) < 4.78 is 10.2. The predicted octanol–water partition coefficient (Wildman–Crippen LogP) is 0.909. The number of hydrogen-bond donors (Lipinski definition) is 1. The Morgan fingerprint density at radius 1 is 1.26 bits per heavy atom. The van der Waals surface area contributed by atoms with Crippen molar-refractivity contribution < 1.29 is 4.74 Å². The molecule has 0 atom stereocenters. The Morgan fingerprint density at radius 2 is 2.04 bits per heavy atom. The van der Waals surface area contributed by atoms with Crippen molar-refractivity contribution in [3.63, 3.8) is 0 Å². The number of aliphatic imine (C=N–C) groups is 1. The van der Waals surface area contributed by atoms with Gasteiger partial charge in [0.05, 0.1) is 12.2 Å². The summed E-state index contributed by atoms with van der Waals surface area (Å²) in [7, 11) is 1.87. The lowest BCUT2D eigenvalue weighted by Crippen LogP contribution is -2.54. The first-order chi connectivity index (χ1) is 13.0. The number of anilines is 1. The minimum absolute atomic E-state index is 0.0431. The summed E-state index contributed by atoms with van der Waals surface area (Å²) in [5.74, 6) is 1.94. The molecule has 0 spiro atoms. The van der Waals surface area contributed by atoms with Crippen LogP contribution in [0.2, 0.25) is 0 Å². The summed E-state index contributed by atoms with van der Waals surface area (Å²) in [5, 5.41) is 4.58. The van der Waals surface area contributed by atoms with E-state index in [9.17, 15) is 0 Å². The largest absolute Gasteiger partial charge is 0.373 e. The molecule has 3 heterocycles. The molecule has 0 radical (unpaired) electrons. The van der Waals surface area contributed by atoms with Gasteiger partial charge in [-0.05, 0) is 13.8 Å². The van der Waals surface area contributed by atoms with E-state index in [1.807, 2.05) is 7.05 Å². The Hall–Kier alpha value is -1.45. The molecule has 2 aliphatic rings. The molecule has 152 valence electrons. The number of piperazine rings is 1. The first-order valence-electron chi connectivity index (χ1n) is 9.90. The summed E-state index contributed by atoms with van der Waals surface area (Å²) in [5.41, 5.74) is -0.0431. The van der Waals surface area contributed by atoms with E-state index in [0.717, 1.165) is 82.3 Å². The van der Waals surface area contributed by atoms with Crippen LogP contribution in [0.4, 0.5) is 5.13 Å². The van der Waals surface area contributed by atoms with Gasteiger partial charge in [0.1, 0.15) is 5.82 Å². The number of rotatable bonds is 5. The molecule has 2 fully saturated rings. The fourth-order valence-corrected chi connectivity index (χ4v) is 4.39. The third kappa shape index (κ3) is 5.52. The number of ether oxygens (including phenoxy) is 1. The number of aromatic nitrogens is 2. The molecule has 0 aromatic carbocycles. The van der Waals surface area contributed by atoms with Crippen LogP contribution >= 0.6 is 11.5 Å². The molecule has 0 saturated carbocycles. The smallest absolute Gasteiger partial charge is 0.205 e. The molecular formula is C18H33N7OS. The van der Waals surface area contributed by atoms with Crippen molar-refractivity contribution in [3.05, 3.63) is 5.82 Å². The van der Waals surface area contributed by atoms with E-state index in [0.29, 0.717) is 0 Å². The Morgan fingerprint density at radius 3 is 2.67 bits per heavy atom. The second-order valence-electron chi connectivity index (χ2n) is 7.68. The third-order valence-electron chi connectivity index (χ3n) is 5.05. The van der Waals surface area contributed by atoms with Gasteiger partial charge in [-0.2, -0.15) is 4.37 Å². The van der Waals surface area contributed by atoms with Crippen LogP contribution in [0.1, 0.15) is 26.6 Å². The van der Waals surface area contributed by atoms with E-state index >= 15 is 0 Å². The summed E-state index contributed by atoms with van der Waals surface area (Å²) in [6, 6.07) is 0. The Balaban J connectivity index is 1.42. The van der Waals surface area contributed by atoms with Gasteiger partial charge in [-0.1, -0.05) is 6.92 Å². The molecule has 2 aliphatic heterocycles. The van der Waals surface area contributed by atoms with Gasteiger partial charge in [-0.15, -0.1) is 0 Å². The highest BCUT2D eigenvalue weighted by atomic mass is 32.1. The highest BCUT2D eigenvalue weighted by Gasteiger charge is 2.27. The Bertz CT molecular complexity index is 625. The second-order valence-corrected chi connectivity index (χ2v) is 8.41. The number of guanidine groups is 1. The zero-order valence-electron chi connectivity index (χ0n) is 17.1.